The van der Waals surface area contributed by atoms with Gasteiger partial charge in [0.25, 0.3) is 0 Å². The number of carbonyl (C=O) groups is 1. The molecule has 1 heterocycles. The first kappa shape index (κ1) is 13.6. The van der Waals surface area contributed by atoms with Gasteiger partial charge >= 0.3 is 6.03 Å². The van der Waals surface area contributed by atoms with Crippen LogP contribution in [0.4, 0.5) is 16.3 Å². The molecule has 0 radical (unpaired) electrons. The Labute approximate surface area is 156 Å². The van der Waals surface area contributed by atoms with Crippen molar-refractivity contribution >= 4 is 17.5 Å². The summed E-state index contributed by atoms with van der Waals surface area (Å²) in [7, 11) is 0. The maximum Gasteiger partial charge on any atom is 0.324 e. The van der Waals surface area contributed by atoms with Crippen molar-refractivity contribution < 1.29 is 9.53 Å². The molecule has 2 amide bonds. The van der Waals surface area contributed by atoms with Gasteiger partial charge in [0.05, 0.1) is 5.69 Å². The number of carbonyl (C=O) groups excluding carboxylic acids is 1. The van der Waals surface area contributed by atoms with Crippen LogP contribution >= 0.6 is 0 Å². The smallest absolute Gasteiger partial charge is 0.324 e. The molecule has 0 bridgehead atoms. The Hall–Kier alpha value is -2.50. The van der Waals surface area contributed by atoms with E-state index in [1.807, 2.05) is 30.3 Å². The third-order valence-corrected chi connectivity index (χ3v) is 8.61. The van der Waals surface area contributed by atoms with E-state index in [0.29, 0.717) is 11.7 Å². The maximum atomic E-state index is 12.3. The topological polar surface area (TPSA) is 79.0 Å². The number of urea groups is 1. The van der Waals surface area contributed by atoms with Crippen molar-refractivity contribution in [3.05, 3.63) is 36.0 Å². The van der Waals surface area contributed by atoms with E-state index < -0.39 is 0 Å². The number of aromatic amines is 1. The highest BCUT2D eigenvalue weighted by Gasteiger charge is 3.06. The minimum atomic E-state index is -0.269. The van der Waals surface area contributed by atoms with Crippen LogP contribution in [-0.2, 0) is 0 Å². The molecule has 9 rings (SSSR count). The number of nitrogens with zero attached hydrogens (tertiary/aromatic N) is 1. The number of aromatic nitrogens is 2. The highest BCUT2D eigenvalue weighted by Crippen LogP contribution is 3.02. The lowest BCUT2D eigenvalue weighted by Gasteiger charge is -3.05. The van der Waals surface area contributed by atoms with Gasteiger partial charge in [-0.05, 0) is 48.6 Å². The third-order valence-electron chi connectivity index (χ3n) is 8.61. The van der Waals surface area contributed by atoms with E-state index in [1.54, 1.807) is 0 Å². The van der Waals surface area contributed by atoms with Crippen molar-refractivity contribution in [2.45, 2.75) is 24.4 Å². The van der Waals surface area contributed by atoms with Gasteiger partial charge in [-0.2, -0.15) is 5.10 Å². The molecule has 136 valence electrons. The van der Waals surface area contributed by atoms with Crippen LogP contribution in [0, 0.1) is 41.4 Å². The van der Waals surface area contributed by atoms with Gasteiger partial charge in [0.2, 0.25) is 0 Å². The Morgan fingerprint density at radius 1 is 1.07 bits per heavy atom. The molecule has 7 fully saturated rings. The Bertz CT molecular complexity index is 974. The molecule has 3 N–H and O–H groups in total. The molecule has 0 spiro atoms. The summed E-state index contributed by atoms with van der Waals surface area (Å²) in [5.41, 5.74) is 1.98. The minimum Gasteiger partial charge on any atom is -0.486 e. The van der Waals surface area contributed by atoms with Crippen LogP contribution in [-0.4, -0.2) is 21.8 Å². The lowest BCUT2D eigenvalue weighted by molar-refractivity contribution is -0.613. The van der Waals surface area contributed by atoms with Crippen LogP contribution < -0.4 is 15.4 Å². The lowest BCUT2D eigenvalue weighted by Crippen LogP contribution is -3.09. The Morgan fingerprint density at radius 3 is 2.59 bits per heavy atom. The van der Waals surface area contributed by atoms with Crippen molar-refractivity contribution in [3.8, 4) is 5.75 Å². The van der Waals surface area contributed by atoms with E-state index >= 15 is 0 Å². The van der Waals surface area contributed by atoms with Crippen LogP contribution in [0.3, 0.4) is 0 Å². The van der Waals surface area contributed by atoms with Gasteiger partial charge in [0, 0.05) is 41.5 Å². The highest BCUT2D eigenvalue weighted by molar-refractivity contribution is 5.99. The van der Waals surface area contributed by atoms with Gasteiger partial charge in [-0.1, -0.05) is 6.07 Å². The Kier molecular flexibility index (Phi) is 2.02. The SMILES string of the molecule is O=C(Nc1cccc(OC23C4C5C6C4C2C6C53)c1)Nc1cc(C2CC2)n[nH]1. The molecular weight excluding hydrogens is 340 g/mol. The molecule has 1 aromatic heterocycles. The normalized spacial score (nSPS) is 45.3. The van der Waals surface area contributed by atoms with Gasteiger partial charge in [-0.15, -0.1) is 0 Å². The van der Waals surface area contributed by atoms with Crippen molar-refractivity contribution in [1.82, 2.24) is 10.2 Å². The number of nitrogens with one attached hydrogen (secondary N) is 3. The van der Waals surface area contributed by atoms with Gasteiger partial charge in [0.15, 0.2) is 0 Å². The quantitative estimate of drug-likeness (QED) is 0.764. The van der Waals surface area contributed by atoms with Crippen molar-refractivity contribution in [2.24, 2.45) is 41.4 Å². The van der Waals surface area contributed by atoms with Crippen LogP contribution in [0.2, 0.25) is 0 Å². The van der Waals surface area contributed by atoms with Crippen LogP contribution in [0.15, 0.2) is 30.3 Å². The number of H-pyrrole nitrogens is 1. The van der Waals surface area contributed by atoms with Crippen molar-refractivity contribution in [2.75, 3.05) is 10.6 Å². The van der Waals surface area contributed by atoms with E-state index in [9.17, 15) is 4.79 Å². The lowest BCUT2D eigenvalue weighted by atomic mass is 8.99. The number of benzene rings is 1. The number of ether oxygens (including phenoxy) is 1. The zero-order valence-corrected chi connectivity index (χ0v) is 14.7. The number of anilines is 2. The van der Waals surface area contributed by atoms with Crippen LogP contribution in [0.1, 0.15) is 24.5 Å². The molecule has 0 saturated heterocycles. The van der Waals surface area contributed by atoms with E-state index in [-0.39, 0.29) is 11.6 Å². The van der Waals surface area contributed by atoms with Gasteiger partial charge < -0.3 is 10.1 Å². The molecule has 0 aliphatic heterocycles. The van der Waals surface area contributed by atoms with Crippen molar-refractivity contribution in [3.63, 3.8) is 0 Å². The number of hydrogen-bond acceptors (Lipinski definition) is 3. The van der Waals surface area contributed by atoms with Gasteiger partial charge in [-0.3, -0.25) is 10.4 Å². The predicted molar refractivity (Wildman–Crippen MR) is 97.4 cm³/mol. The second-order valence-corrected chi connectivity index (χ2v) is 9.43. The second kappa shape index (κ2) is 4.01. The molecule has 27 heavy (non-hydrogen) atoms. The van der Waals surface area contributed by atoms with Crippen molar-refractivity contribution in [1.29, 1.82) is 0 Å². The third kappa shape index (κ3) is 1.33. The first-order valence-corrected chi connectivity index (χ1v) is 10.2. The fraction of sp³-hybridized carbons (Fsp3) is 0.524. The molecule has 7 saturated carbocycles. The highest BCUT2D eigenvalue weighted by atomic mass is 16.5. The second-order valence-electron chi connectivity index (χ2n) is 9.43. The number of amides is 2. The van der Waals surface area contributed by atoms with Crippen LogP contribution in [0.5, 0.6) is 5.75 Å². The summed E-state index contributed by atoms with van der Waals surface area (Å²) in [6, 6.07) is 9.46. The first-order chi connectivity index (χ1) is 13.3. The predicted octanol–water partition coefficient (Wildman–Crippen LogP) is 3.43. The van der Waals surface area contributed by atoms with Gasteiger partial charge in [0.1, 0.15) is 17.2 Å². The van der Waals surface area contributed by atoms with Crippen LogP contribution in [0.25, 0.3) is 0 Å². The fourth-order valence-corrected chi connectivity index (χ4v) is 7.65. The van der Waals surface area contributed by atoms with E-state index in [0.717, 1.165) is 58.6 Å². The molecule has 7 aliphatic carbocycles. The molecule has 1 aromatic carbocycles. The summed E-state index contributed by atoms with van der Waals surface area (Å²) in [4.78, 5) is 12.3. The zero-order chi connectivity index (χ0) is 17.5. The van der Waals surface area contributed by atoms with E-state index in [4.69, 9.17) is 4.74 Å². The Morgan fingerprint density at radius 2 is 1.85 bits per heavy atom. The summed E-state index contributed by atoms with van der Waals surface area (Å²) < 4.78 is 6.51. The minimum absolute atomic E-state index is 0.185. The molecule has 7 aliphatic rings. The summed E-state index contributed by atoms with van der Waals surface area (Å²) in [5, 5.41) is 12.9. The monoisotopic (exact) mass is 360 g/mol. The average Bonchev–Trinajstić information content (AvgIpc) is 3.42. The zero-order valence-electron chi connectivity index (χ0n) is 14.7. The molecule has 0 unspecified atom stereocenters. The molecule has 6 nitrogen and oxygen atoms in total. The number of rotatable bonds is 5. The van der Waals surface area contributed by atoms with E-state index in [1.165, 1.54) is 12.8 Å². The molecular formula is C21H20N4O2. The Balaban J connectivity index is 0.961. The summed E-state index contributed by atoms with van der Waals surface area (Å²) in [6.45, 7) is 0. The largest absolute Gasteiger partial charge is 0.486 e. The molecule has 2 aromatic rings. The standard InChI is InChI=1S/C21H20N4O2/c26-20(23-12-7-11(24-25-12)8-4-5-8)22-9-2-1-3-10(6-9)27-21-17-14-13-15(17)19(21)16(13)18(14)21/h1-3,6-8,13-19H,4-5H2,(H3,22,23,24,25,26). The maximum absolute atomic E-state index is 12.3. The summed E-state index contributed by atoms with van der Waals surface area (Å²) in [5.74, 6) is 8.75. The summed E-state index contributed by atoms with van der Waals surface area (Å²) >= 11 is 0. The average molecular weight is 360 g/mol. The fourth-order valence-electron chi connectivity index (χ4n) is 7.65. The first-order valence-electron chi connectivity index (χ1n) is 10.2. The van der Waals surface area contributed by atoms with Gasteiger partial charge in [-0.25, -0.2) is 4.79 Å². The molecule has 0 atom stereocenters. The summed E-state index contributed by atoms with van der Waals surface area (Å²) in [6.07, 6.45) is 2.38. The number of hydrogen-bond donors (Lipinski definition) is 3. The van der Waals surface area contributed by atoms with E-state index in [2.05, 4.69) is 20.8 Å². The molecule has 6 heteroatoms.